The largest absolute Gasteiger partial charge is 0.356 e. The van der Waals surface area contributed by atoms with Gasteiger partial charge in [-0.2, -0.15) is 0 Å². The summed E-state index contributed by atoms with van der Waals surface area (Å²) in [7, 11) is 1.72. The quantitative estimate of drug-likeness (QED) is 0.472. The molecule has 0 fully saturated rings. The van der Waals surface area contributed by atoms with Crippen molar-refractivity contribution in [2.24, 2.45) is 4.99 Å². The Bertz CT molecular complexity index is 857. The highest BCUT2D eigenvalue weighted by molar-refractivity contribution is 5.79. The van der Waals surface area contributed by atoms with Crippen LogP contribution in [-0.4, -0.2) is 29.5 Å². The maximum absolute atomic E-state index is 13.2. The van der Waals surface area contributed by atoms with Crippen molar-refractivity contribution >= 4 is 5.96 Å². The van der Waals surface area contributed by atoms with Crippen LogP contribution in [0.5, 0.6) is 0 Å². The summed E-state index contributed by atoms with van der Waals surface area (Å²) in [6.45, 7) is 1.20. The highest BCUT2D eigenvalue weighted by atomic mass is 19.1. The molecule has 0 aliphatic carbocycles. The SMILES string of the molecule is CN=C(NCCc1cccc(F)c1)NCc1ncc(-c2ccccc2)[nH]1. The Balaban J connectivity index is 1.48. The van der Waals surface area contributed by atoms with Crippen molar-refractivity contribution < 1.29 is 4.39 Å². The third kappa shape index (κ3) is 4.92. The zero-order valence-corrected chi connectivity index (χ0v) is 14.7. The van der Waals surface area contributed by atoms with Crippen LogP contribution in [0.2, 0.25) is 0 Å². The van der Waals surface area contributed by atoms with Crippen LogP contribution < -0.4 is 10.6 Å². The number of hydrogen-bond donors (Lipinski definition) is 3. The lowest BCUT2D eigenvalue weighted by Crippen LogP contribution is -2.38. The van der Waals surface area contributed by atoms with Crippen LogP contribution in [0.25, 0.3) is 11.3 Å². The molecule has 2 aromatic carbocycles. The van der Waals surface area contributed by atoms with Gasteiger partial charge in [0.2, 0.25) is 0 Å². The number of guanidine groups is 1. The molecule has 0 amide bonds. The summed E-state index contributed by atoms with van der Waals surface area (Å²) in [6, 6.07) is 16.7. The molecule has 0 saturated carbocycles. The minimum absolute atomic E-state index is 0.211. The van der Waals surface area contributed by atoms with Gasteiger partial charge in [-0.05, 0) is 29.7 Å². The van der Waals surface area contributed by atoms with E-state index in [1.807, 2.05) is 42.6 Å². The van der Waals surface area contributed by atoms with E-state index in [4.69, 9.17) is 0 Å². The Hall–Kier alpha value is -3.15. The Morgan fingerprint density at radius 3 is 2.73 bits per heavy atom. The van der Waals surface area contributed by atoms with Crippen molar-refractivity contribution in [3.8, 4) is 11.3 Å². The average Bonchev–Trinajstić information content (AvgIpc) is 3.14. The van der Waals surface area contributed by atoms with E-state index in [0.29, 0.717) is 19.0 Å². The predicted molar refractivity (Wildman–Crippen MR) is 102 cm³/mol. The molecule has 3 N–H and O–H groups in total. The van der Waals surface area contributed by atoms with Crippen LogP contribution in [0.1, 0.15) is 11.4 Å². The van der Waals surface area contributed by atoms with E-state index in [9.17, 15) is 4.39 Å². The van der Waals surface area contributed by atoms with Crippen LogP contribution >= 0.6 is 0 Å². The smallest absolute Gasteiger partial charge is 0.191 e. The molecule has 3 rings (SSSR count). The van der Waals surface area contributed by atoms with Gasteiger partial charge >= 0.3 is 0 Å². The number of rotatable bonds is 6. The van der Waals surface area contributed by atoms with Gasteiger partial charge in [0.25, 0.3) is 0 Å². The van der Waals surface area contributed by atoms with Crippen molar-refractivity contribution in [3.63, 3.8) is 0 Å². The third-order valence-electron chi connectivity index (χ3n) is 3.96. The summed E-state index contributed by atoms with van der Waals surface area (Å²) in [4.78, 5) is 11.9. The Morgan fingerprint density at radius 2 is 1.96 bits per heavy atom. The van der Waals surface area contributed by atoms with E-state index in [0.717, 1.165) is 29.1 Å². The predicted octanol–water partition coefficient (Wildman–Crippen LogP) is 3.12. The number of H-pyrrole nitrogens is 1. The molecule has 0 bridgehead atoms. The zero-order chi connectivity index (χ0) is 18.2. The number of halogens is 1. The summed E-state index contributed by atoms with van der Waals surface area (Å²) in [5.41, 5.74) is 3.03. The summed E-state index contributed by atoms with van der Waals surface area (Å²) in [5.74, 6) is 1.30. The van der Waals surface area contributed by atoms with Crippen LogP contribution in [-0.2, 0) is 13.0 Å². The second-order valence-corrected chi connectivity index (χ2v) is 5.84. The maximum atomic E-state index is 13.2. The lowest BCUT2D eigenvalue weighted by molar-refractivity contribution is 0.625. The normalized spacial score (nSPS) is 11.4. The topological polar surface area (TPSA) is 65.1 Å². The molecule has 1 aromatic heterocycles. The van der Waals surface area contributed by atoms with Crippen molar-refractivity contribution in [3.05, 3.63) is 78.0 Å². The number of hydrogen-bond acceptors (Lipinski definition) is 2. The van der Waals surface area contributed by atoms with Crippen LogP contribution in [0.3, 0.4) is 0 Å². The molecule has 134 valence electrons. The van der Waals surface area contributed by atoms with E-state index in [1.54, 1.807) is 19.2 Å². The highest BCUT2D eigenvalue weighted by Crippen LogP contribution is 2.15. The lowest BCUT2D eigenvalue weighted by Gasteiger charge is -2.11. The van der Waals surface area contributed by atoms with E-state index in [2.05, 4.69) is 25.6 Å². The summed E-state index contributed by atoms with van der Waals surface area (Å²) < 4.78 is 13.2. The molecular formula is C20H22FN5. The van der Waals surface area contributed by atoms with Gasteiger partial charge in [0.15, 0.2) is 5.96 Å². The minimum atomic E-state index is -0.211. The first-order valence-electron chi connectivity index (χ1n) is 8.53. The van der Waals surface area contributed by atoms with Crippen molar-refractivity contribution in [1.29, 1.82) is 0 Å². The number of nitrogens with one attached hydrogen (secondary N) is 3. The second-order valence-electron chi connectivity index (χ2n) is 5.84. The molecule has 0 spiro atoms. The van der Waals surface area contributed by atoms with Crippen molar-refractivity contribution in [2.45, 2.75) is 13.0 Å². The number of imidazole rings is 1. The van der Waals surface area contributed by atoms with E-state index in [-0.39, 0.29) is 5.82 Å². The average molecular weight is 351 g/mol. The fourth-order valence-corrected chi connectivity index (χ4v) is 2.62. The molecule has 0 atom stereocenters. The molecule has 0 aliphatic heterocycles. The van der Waals surface area contributed by atoms with Gasteiger partial charge in [-0.15, -0.1) is 0 Å². The molecule has 3 aromatic rings. The number of benzene rings is 2. The standard InChI is InChI=1S/C20H22FN5/c1-22-20(23-11-10-15-6-5-9-17(21)12-15)25-14-19-24-13-18(26-19)16-7-3-2-4-8-16/h2-9,12-13H,10-11,14H2,1H3,(H,24,26)(H2,22,23,25). The second kappa shape index (κ2) is 8.80. The van der Waals surface area contributed by atoms with Crippen LogP contribution in [0.4, 0.5) is 4.39 Å². The number of nitrogens with zero attached hydrogens (tertiary/aromatic N) is 2. The Morgan fingerprint density at radius 1 is 1.12 bits per heavy atom. The molecule has 5 nitrogen and oxygen atoms in total. The van der Waals surface area contributed by atoms with Gasteiger partial charge in [0.05, 0.1) is 18.4 Å². The number of aliphatic imine (C=N–C) groups is 1. The summed E-state index contributed by atoms with van der Waals surface area (Å²) in [6.07, 6.45) is 2.55. The third-order valence-corrected chi connectivity index (χ3v) is 3.96. The van der Waals surface area contributed by atoms with Gasteiger partial charge in [-0.1, -0.05) is 42.5 Å². The molecule has 26 heavy (non-hydrogen) atoms. The number of aromatic amines is 1. The maximum Gasteiger partial charge on any atom is 0.191 e. The first-order chi connectivity index (χ1) is 12.7. The molecule has 6 heteroatoms. The Kier molecular flexibility index (Phi) is 5.98. The van der Waals surface area contributed by atoms with E-state index < -0.39 is 0 Å². The lowest BCUT2D eigenvalue weighted by atomic mass is 10.1. The molecule has 1 heterocycles. The first-order valence-corrected chi connectivity index (χ1v) is 8.53. The zero-order valence-electron chi connectivity index (χ0n) is 14.7. The fraction of sp³-hybridized carbons (Fsp3) is 0.200. The molecular weight excluding hydrogens is 329 g/mol. The molecule has 0 saturated heterocycles. The van der Waals surface area contributed by atoms with Gasteiger partial charge in [0.1, 0.15) is 11.6 Å². The summed E-state index contributed by atoms with van der Waals surface area (Å²) in [5, 5.41) is 6.44. The van der Waals surface area contributed by atoms with Crippen LogP contribution in [0.15, 0.2) is 65.8 Å². The first kappa shape index (κ1) is 17.7. The van der Waals surface area contributed by atoms with Gasteiger partial charge < -0.3 is 15.6 Å². The molecule has 0 aliphatic rings. The van der Waals surface area contributed by atoms with E-state index in [1.165, 1.54) is 6.07 Å². The highest BCUT2D eigenvalue weighted by Gasteiger charge is 2.04. The molecule has 0 radical (unpaired) electrons. The van der Waals surface area contributed by atoms with Crippen molar-refractivity contribution in [2.75, 3.05) is 13.6 Å². The van der Waals surface area contributed by atoms with Crippen molar-refractivity contribution in [1.82, 2.24) is 20.6 Å². The number of aromatic nitrogens is 2. The molecule has 0 unspecified atom stereocenters. The fourth-order valence-electron chi connectivity index (χ4n) is 2.62. The van der Waals surface area contributed by atoms with E-state index >= 15 is 0 Å². The van der Waals surface area contributed by atoms with Crippen LogP contribution in [0, 0.1) is 5.82 Å². The Labute approximate surface area is 152 Å². The van der Waals surface area contributed by atoms with Gasteiger partial charge in [0, 0.05) is 13.6 Å². The minimum Gasteiger partial charge on any atom is -0.356 e. The van der Waals surface area contributed by atoms with Gasteiger partial charge in [-0.25, -0.2) is 9.37 Å². The monoisotopic (exact) mass is 351 g/mol. The van der Waals surface area contributed by atoms with Gasteiger partial charge in [-0.3, -0.25) is 4.99 Å². The summed E-state index contributed by atoms with van der Waals surface area (Å²) >= 11 is 0.